The number of aromatic nitrogens is 7. The van der Waals surface area contributed by atoms with Crippen molar-refractivity contribution in [3.63, 3.8) is 0 Å². The minimum Gasteiger partial charge on any atom is -0.504 e. The van der Waals surface area contributed by atoms with Gasteiger partial charge in [-0.3, -0.25) is 9.36 Å². The summed E-state index contributed by atoms with van der Waals surface area (Å²) in [6.07, 6.45) is 14.7. The Balaban J connectivity index is 0.00000252. The number of aryl methyl sites for hydroxylation is 1. The number of benzene rings is 6. The van der Waals surface area contributed by atoms with Gasteiger partial charge in [0.25, 0.3) is 0 Å². The van der Waals surface area contributed by atoms with Crippen molar-refractivity contribution < 1.29 is 61.1 Å². The Kier molecular flexibility index (Phi) is 10.5. The maximum Gasteiger partial charge on any atom is 0.215 e. The van der Waals surface area contributed by atoms with Gasteiger partial charge in [0.1, 0.15) is 23.0 Å². The van der Waals surface area contributed by atoms with Crippen molar-refractivity contribution in [3.05, 3.63) is 195 Å². The van der Waals surface area contributed by atoms with E-state index in [1.807, 2.05) is 133 Å². The minimum atomic E-state index is -0.339. The number of rotatable bonds is 6. The quantitative estimate of drug-likeness (QED) is 0.128. The Morgan fingerprint density at radius 1 is 0.431 bits per heavy atom. The number of hydrogen-bond acceptors (Lipinski definition) is 8. The van der Waals surface area contributed by atoms with Gasteiger partial charge in [0, 0.05) is 88.1 Å². The molecule has 15 rings (SSSR count). The number of ether oxygens (including phenoxy) is 4. The SMILES string of the molecule is Cn1[c-]c(-c2[c-]c3c(cc2)Oc2cccc4c2B3c2[c-]c(-n3cc(-c5ccccc5)cn3)cnc2O4)[c-]c1-c1[c-]c2c(cc1)Oc1cccc3c1B2c1[c-]c(-n2cc(-c4ccccc4)cn2)cnc1O3.[Pt].[Pt]. The van der Waals surface area contributed by atoms with Crippen LogP contribution in [-0.2, 0) is 49.2 Å². The summed E-state index contributed by atoms with van der Waals surface area (Å²) >= 11 is 0. The van der Waals surface area contributed by atoms with Crippen LogP contribution < -0.4 is 51.7 Å². The summed E-state index contributed by atoms with van der Waals surface area (Å²) in [5, 5.41) is 9.39. The first-order valence-electron chi connectivity index (χ1n) is 22.7. The van der Waals surface area contributed by atoms with E-state index >= 15 is 0 Å². The van der Waals surface area contributed by atoms with Crippen LogP contribution in [0.15, 0.2) is 159 Å². The number of fused-ring (bicyclic) bond motifs is 8. The van der Waals surface area contributed by atoms with Crippen LogP contribution in [0.4, 0.5) is 0 Å². The molecule has 0 fully saturated rings. The zero-order valence-electron chi connectivity index (χ0n) is 37.6. The molecule has 0 N–H and O–H groups in total. The molecule has 72 heavy (non-hydrogen) atoms. The molecule has 6 aromatic carbocycles. The molecule has 15 heteroatoms. The zero-order chi connectivity index (χ0) is 46.0. The van der Waals surface area contributed by atoms with Crippen LogP contribution in [0.1, 0.15) is 0 Å². The molecule has 4 aliphatic rings. The van der Waals surface area contributed by atoms with Crippen molar-refractivity contribution in [1.29, 1.82) is 0 Å². The second-order valence-corrected chi connectivity index (χ2v) is 17.5. The Bertz CT molecular complexity index is 3950. The van der Waals surface area contributed by atoms with Crippen LogP contribution in [0, 0.1) is 36.5 Å². The molecule has 0 bridgehead atoms. The first-order valence-corrected chi connectivity index (χ1v) is 22.7. The van der Waals surface area contributed by atoms with E-state index in [0.717, 1.165) is 77.4 Å². The topological polar surface area (TPSA) is 103 Å². The molecule has 0 saturated carbocycles. The third-order valence-corrected chi connectivity index (χ3v) is 13.4. The van der Waals surface area contributed by atoms with Crippen molar-refractivity contribution in [2.75, 3.05) is 0 Å². The molecular weight excluding hydrogens is 1260 g/mol. The first-order chi connectivity index (χ1) is 34.5. The fraction of sp³-hybridized carbons (Fsp3) is 0.0175. The van der Waals surface area contributed by atoms with Gasteiger partial charge in [-0.25, -0.2) is 18.3 Å². The smallest absolute Gasteiger partial charge is 0.215 e. The summed E-state index contributed by atoms with van der Waals surface area (Å²) < 4.78 is 31.5. The van der Waals surface area contributed by atoms with Crippen LogP contribution in [-0.4, -0.2) is 47.5 Å². The van der Waals surface area contributed by atoms with E-state index in [1.165, 1.54) is 0 Å². The predicted molar refractivity (Wildman–Crippen MR) is 265 cm³/mol. The number of hydrogen-bond donors (Lipinski definition) is 0. The average Bonchev–Trinajstić information content (AvgIpc) is 4.20. The second kappa shape index (κ2) is 17.1. The Hall–Kier alpha value is -7.97. The molecule has 11 nitrogen and oxygen atoms in total. The van der Waals surface area contributed by atoms with Crippen molar-refractivity contribution in [3.8, 4) is 102 Å². The van der Waals surface area contributed by atoms with Gasteiger partial charge >= 0.3 is 0 Å². The minimum absolute atomic E-state index is 0. The average molecular weight is 1290 g/mol. The summed E-state index contributed by atoms with van der Waals surface area (Å²) in [7, 11) is 1.97. The summed E-state index contributed by atoms with van der Waals surface area (Å²) in [5.74, 6) is 5.09. The fourth-order valence-corrected chi connectivity index (χ4v) is 10.1. The van der Waals surface area contributed by atoms with Gasteiger partial charge in [-0.1, -0.05) is 85.2 Å². The van der Waals surface area contributed by atoms with Gasteiger partial charge in [-0.15, -0.1) is 51.7 Å². The Morgan fingerprint density at radius 3 is 1.42 bits per heavy atom. The second-order valence-electron chi connectivity index (χ2n) is 17.5. The van der Waals surface area contributed by atoms with Crippen LogP contribution in [0.25, 0.3) is 56.0 Å². The molecule has 5 aromatic heterocycles. The Morgan fingerprint density at radius 2 is 0.903 bits per heavy atom. The normalized spacial score (nSPS) is 12.7. The van der Waals surface area contributed by atoms with E-state index in [9.17, 15) is 0 Å². The maximum absolute atomic E-state index is 6.57. The standard InChI is InChI=1S/C57H29B2N7O4.2Pt/c1-64-31-38(36-18-20-48-43(22-36)58-45-25-41(65-32-39(27-62-65)34-10-4-2-5-11-34)29-60-56(45)69-52-16-8-14-50(67-48)54(52)58)24-47(64)37-19-21-49-44(23-37)59-46-26-42(66-33-40(28-63-66)35-12-6-3-7-13-35)30-61-57(46)70-53-17-9-15-51(68-49)55(53)59;;/h2-21,27-30,32-33H,1H3;;/q-6;;. The number of nitrogens with zero attached hydrogens (tertiary/aromatic N) is 7. The first kappa shape index (κ1) is 44.0. The zero-order valence-corrected chi connectivity index (χ0v) is 42.1. The molecule has 0 radical (unpaired) electrons. The molecule has 0 spiro atoms. The predicted octanol–water partition coefficient (Wildman–Crippen LogP) is 7.11. The molecule has 0 unspecified atom stereocenters. The monoisotopic (exact) mass is 1290 g/mol. The van der Waals surface area contributed by atoms with Crippen molar-refractivity contribution in [1.82, 2.24) is 34.1 Å². The molecule has 0 atom stereocenters. The largest absolute Gasteiger partial charge is 0.504 e. The van der Waals surface area contributed by atoms with Gasteiger partial charge in [0.2, 0.25) is 13.4 Å². The third kappa shape index (κ3) is 6.97. The van der Waals surface area contributed by atoms with Gasteiger partial charge < -0.3 is 50.7 Å². The molecule has 0 amide bonds. The molecule has 9 heterocycles. The van der Waals surface area contributed by atoms with Gasteiger partial charge in [0.15, 0.2) is 0 Å². The van der Waals surface area contributed by atoms with Crippen LogP contribution in [0.2, 0.25) is 0 Å². The van der Waals surface area contributed by atoms with Crippen LogP contribution >= 0.6 is 0 Å². The van der Waals surface area contributed by atoms with Crippen LogP contribution in [0.3, 0.4) is 0 Å². The summed E-state index contributed by atoms with van der Waals surface area (Å²) in [4.78, 5) is 9.65. The summed E-state index contributed by atoms with van der Waals surface area (Å²) in [6.45, 7) is -0.678. The summed E-state index contributed by atoms with van der Waals surface area (Å²) in [6, 6.07) is 58.5. The van der Waals surface area contributed by atoms with Crippen LogP contribution in [0.5, 0.6) is 46.3 Å². The van der Waals surface area contributed by atoms with Gasteiger partial charge in [0.05, 0.1) is 24.2 Å². The number of pyridine rings is 2. The van der Waals surface area contributed by atoms with E-state index in [4.69, 9.17) is 39.1 Å². The van der Waals surface area contributed by atoms with E-state index < -0.39 is 0 Å². The van der Waals surface area contributed by atoms with E-state index in [0.29, 0.717) is 57.6 Å². The van der Waals surface area contributed by atoms with Crippen molar-refractivity contribution in [2.45, 2.75) is 0 Å². The molecule has 4 aliphatic heterocycles. The van der Waals surface area contributed by atoms with Gasteiger partial charge in [-0.05, 0) is 53.8 Å². The van der Waals surface area contributed by atoms with Crippen molar-refractivity contribution in [2.24, 2.45) is 7.05 Å². The maximum atomic E-state index is 6.57. The molecule has 348 valence electrons. The summed E-state index contributed by atoms with van der Waals surface area (Å²) in [5.41, 5.74) is 13.6. The fourth-order valence-electron chi connectivity index (χ4n) is 10.1. The molecule has 11 aromatic rings. The van der Waals surface area contributed by atoms with E-state index in [1.54, 1.807) is 21.8 Å². The molecule has 0 saturated heterocycles. The van der Waals surface area contributed by atoms with Crippen molar-refractivity contribution >= 4 is 46.2 Å². The molecular formula is C57H29B2N7O4Pt2-6. The Labute approximate surface area is 442 Å². The third-order valence-electron chi connectivity index (χ3n) is 13.4. The van der Waals surface area contributed by atoms with Gasteiger partial charge in [-0.2, -0.15) is 28.0 Å². The van der Waals surface area contributed by atoms with E-state index in [-0.39, 0.29) is 55.6 Å². The molecule has 0 aliphatic carbocycles. The van der Waals surface area contributed by atoms with E-state index in [2.05, 4.69) is 60.8 Å².